The summed E-state index contributed by atoms with van der Waals surface area (Å²) in [6.45, 7) is -0.310. The molecule has 0 aliphatic heterocycles. The largest absolute Gasteiger partial charge is 0.497 e. The average molecular weight is 253 g/mol. The SMILES string of the molecule is COc1cccc(C(=O)N[C@@H](CCO)C(=O)O)c1. The van der Waals surface area contributed by atoms with Crippen molar-refractivity contribution in [3.63, 3.8) is 0 Å². The number of ether oxygens (including phenoxy) is 1. The number of benzene rings is 1. The lowest BCUT2D eigenvalue weighted by Gasteiger charge is -2.13. The fourth-order valence-electron chi connectivity index (χ4n) is 1.39. The molecule has 1 amide bonds. The zero-order valence-electron chi connectivity index (χ0n) is 9.92. The van der Waals surface area contributed by atoms with Crippen molar-refractivity contribution in [3.05, 3.63) is 29.8 Å². The Bertz CT molecular complexity index is 432. The van der Waals surface area contributed by atoms with Crippen LogP contribution >= 0.6 is 0 Å². The van der Waals surface area contributed by atoms with E-state index in [1.54, 1.807) is 18.2 Å². The Labute approximate surface area is 104 Å². The van der Waals surface area contributed by atoms with E-state index in [0.717, 1.165) is 0 Å². The van der Waals surface area contributed by atoms with Crippen LogP contribution in [0.25, 0.3) is 0 Å². The molecule has 0 heterocycles. The van der Waals surface area contributed by atoms with Crippen molar-refractivity contribution in [1.82, 2.24) is 5.32 Å². The first-order chi connectivity index (χ1) is 8.58. The van der Waals surface area contributed by atoms with Crippen LogP contribution in [0.5, 0.6) is 5.75 Å². The van der Waals surface area contributed by atoms with Gasteiger partial charge >= 0.3 is 5.97 Å². The maximum Gasteiger partial charge on any atom is 0.326 e. The smallest absolute Gasteiger partial charge is 0.326 e. The second kappa shape index (κ2) is 6.61. The number of methoxy groups -OCH3 is 1. The Morgan fingerprint density at radius 2 is 2.17 bits per heavy atom. The van der Waals surface area contributed by atoms with Gasteiger partial charge in [-0.3, -0.25) is 4.79 Å². The summed E-state index contributed by atoms with van der Waals surface area (Å²) in [5.41, 5.74) is 0.304. The van der Waals surface area contributed by atoms with Gasteiger partial charge in [0.05, 0.1) is 7.11 Å². The average Bonchev–Trinajstić information content (AvgIpc) is 2.38. The second-order valence-electron chi connectivity index (χ2n) is 3.61. The molecule has 1 atom stereocenters. The van der Waals surface area contributed by atoms with Gasteiger partial charge in [-0.05, 0) is 18.2 Å². The summed E-state index contributed by atoms with van der Waals surface area (Å²) in [5.74, 6) is -1.19. The van der Waals surface area contributed by atoms with Gasteiger partial charge in [-0.1, -0.05) is 6.07 Å². The van der Waals surface area contributed by atoms with Crippen molar-refractivity contribution in [3.8, 4) is 5.75 Å². The van der Waals surface area contributed by atoms with Crippen LogP contribution in [0.15, 0.2) is 24.3 Å². The molecule has 0 fully saturated rings. The number of carbonyl (C=O) groups excluding carboxylic acids is 1. The second-order valence-corrected chi connectivity index (χ2v) is 3.61. The molecule has 18 heavy (non-hydrogen) atoms. The minimum Gasteiger partial charge on any atom is -0.497 e. The van der Waals surface area contributed by atoms with Gasteiger partial charge in [0.1, 0.15) is 11.8 Å². The Hall–Kier alpha value is -2.08. The number of amides is 1. The zero-order chi connectivity index (χ0) is 13.5. The van der Waals surface area contributed by atoms with Crippen molar-refractivity contribution in [1.29, 1.82) is 0 Å². The lowest BCUT2D eigenvalue weighted by atomic mass is 10.1. The van der Waals surface area contributed by atoms with Crippen LogP contribution in [-0.4, -0.2) is 41.8 Å². The van der Waals surface area contributed by atoms with E-state index in [-0.39, 0.29) is 13.0 Å². The van der Waals surface area contributed by atoms with Crippen LogP contribution in [0.3, 0.4) is 0 Å². The molecule has 1 aromatic carbocycles. The van der Waals surface area contributed by atoms with Gasteiger partial charge in [0.15, 0.2) is 0 Å². The Balaban J connectivity index is 2.76. The van der Waals surface area contributed by atoms with Crippen LogP contribution in [0.2, 0.25) is 0 Å². The van der Waals surface area contributed by atoms with E-state index in [4.69, 9.17) is 14.9 Å². The summed E-state index contributed by atoms with van der Waals surface area (Å²) in [4.78, 5) is 22.6. The summed E-state index contributed by atoms with van der Waals surface area (Å²) in [6.07, 6.45) is -0.0367. The molecule has 98 valence electrons. The number of hydrogen-bond acceptors (Lipinski definition) is 4. The van der Waals surface area contributed by atoms with Crippen LogP contribution in [-0.2, 0) is 4.79 Å². The number of aliphatic hydroxyl groups excluding tert-OH is 1. The van der Waals surface area contributed by atoms with Crippen molar-refractivity contribution in [2.24, 2.45) is 0 Å². The van der Waals surface area contributed by atoms with Gasteiger partial charge in [0.2, 0.25) is 0 Å². The molecule has 0 spiro atoms. The third kappa shape index (κ3) is 3.74. The van der Waals surface area contributed by atoms with Crippen molar-refractivity contribution in [2.75, 3.05) is 13.7 Å². The van der Waals surface area contributed by atoms with Crippen LogP contribution in [0, 0.1) is 0 Å². The summed E-state index contributed by atoms with van der Waals surface area (Å²) in [5, 5.41) is 19.9. The number of carbonyl (C=O) groups is 2. The van der Waals surface area contributed by atoms with E-state index in [1.807, 2.05) is 0 Å². The van der Waals surface area contributed by atoms with E-state index in [0.29, 0.717) is 11.3 Å². The standard InChI is InChI=1S/C12H15NO5/c1-18-9-4-2-3-8(7-9)11(15)13-10(5-6-14)12(16)17/h2-4,7,10,14H,5-6H2,1H3,(H,13,15)(H,16,17)/t10-/m0/s1. The fourth-order valence-corrected chi connectivity index (χ4v) is 1.39. The molecule has 1 rings (SSSR count). The molecule has 0 radical (unpaired) electrons. The minimum absolute atomic E-state index is 0.0367. The van der Waals surface area contributed by atoms with Gasteiger partial charge in [-0.2, -0.15) is 0 Å². The summed E-state index contributed by atoms with van der Waals surface area (Å²) in [6, 6.07) is 5.27. The summed E-state index contributed by atoms with van der Waals surface area (Å²) >= 11 is 0. The van der Waals surface area contributed by atoms with Gasteiger partial charge in [-0.25, -0.2) is 4.79 Å². The molecule has 1 aromatic rings. The molecule has 0 unspecified atom stereocenters. The number of carboxylic acids is 1. The molecule has 0 bridgehead atoms. The number of rotatable bonds is 6. The molecule has 6 nitrogen and oxygen atoms in total. The van der Waals surface area contributed by atoms with E-state index in [2.05, 4.69) is 5.32 Å². The molecular weight excluding hydrogens is 238 g/mol. The predicted molar refractivity (Wildman–Crippen MR) is 63.6 cm³/mol. The molecule has 0 aromatic heterocycles. The van der Waals surface area contributed by atoms with Gasteiger partial charge in [0.25, 0.3) is 5.91 Å². The number of hydrogen-bond donors (Lipinski definition) is 3. The van der Waals surface area contributed by atoms with E-state index < -0.39 is 17.9 Å². The van der Waals surface area contributed by atoms with Crippen molar-refractivity contribution in [2.45, 2.75) is 12.5 Å². The molecule has 0 saturated carbocycles. The zero-order valence-corrected chi connectivity index (χ0v) is 9.92. The lowest BCUT2D eigenvalue weighted by Crippen LogP contribution is -2.41. The summed E-state index contributed by atoms with van der Waals surface area (Å²) in [7, 11) is 1.48. The Morgan fingerprint density at radius 3 is 2.72 bits per heavy atom. The van der Waals surface area contributed by atoms with Crippen LogP contribution in [0.1, 0.15) is 16.8 Å². The molecular formula is C12H15NO5. The first-order valence-electron chi connectivity index (χ1n) is 5.37. The Morgan fingerprint density at radius 1 is 1.44 bits per heavy atom. The molecule has 3 N–H and O–H groups in total. The predicted octanol–water partition coefficient (Wildman–Crippen LogP) is 0.261. The third-order valence-corrected chi connectivity index (χ3v) is 2.35. The number of carboxylic acid groups (broad SMARTS) is 1. The van der Waals surface area contributed by atoms with Gasteiger partial charge in [0, 0.05) is 18.6 Å². The fraction of sp³-hybridized carbons (Fsp3) is 0.333. The summed E-state index contributed by atoms with van der Waals surface area (Å²) < 4.78 is 4.97. The van der Waals surface area contributed by atoms with E-state index >= 15 is 0 Å². The van der Waals surface area contributed by atoms with Crippen LogP contribution < -0.4 is 10.1 Å². The number of nitrogens with one attached hydrogen (secondary N) is 1. The van der Waals surface area contributed by atoms with Crippen molar-refractivity contribution >= 4 is 11.9 Å². The van der Waals surface area contributed by atoms with Crippen molar-refractivity contribution < 1.29 is 24.5 Å². The lowest BCUT2D eigenvalue weighted by molar-refractivity contribution is -0.139. The number of aliphatic hydroxyl groups is 1. The molecule has 0 aliphatic rings. The van der Waals surface area contributed by atoms with Gasteiger partial charge < -0.3 is 20.3 Å². The topological polar surface area (TPSA) is 95.9 Å². The highest BCUT2D eigenvalue weighted by Gasteiger charge is 2.20. The third-order valence-electron chi connectivity index (χ3n) is 2.35. The monoisotopic (exact) mass is 253 g/mol. The molecule has 0 saturated heterocycles. The van der Waals surface area contributed by atoms with E-state index in [1.165, 1.54) is 13.2 Å². The highest BCUT2D eigenvalue weighted by Crippen LogP contribution is 2.12. The maximum atomic E-state index is 11.8. The first kappa shape index (κ1) is 14.0. The minimum atomic E-state index is -1.18. The molecule has 0 aliphatic carbocycles. The van der Waals surface area contributed by atoms with E-state index in [9.17, 15) is 9.59 Å². The highest BCUT2D eigenvalue weighted by molar-refractivity contribution is 5.96. The quantitative estimate of drug-likeness (QED) is 0.676. The van der Waals surface area contributed by atoms with Crippen LogP contribution in [0.4, 0.5) is 0 Å². The number of aliphatic carboxylic acids is 1. The normalized spacial score (nSPS) is 11.7. The first-order valence-corrected chi connectivity index (χ1v) is 5.37. The Kier molecular flexibility index (Phi) is 5.13. The maximum absolute atomic E-state index is 11.8. The highest BCUT2D eigenvalue weighted by atomic mass is 16.5. The van der Waals surface area contributed by atoms with Gasteiger partial charge in [-0.15, -0.1) is 0 Å². The molecule has 6 heteroatoms.